The Labute approximate surface area is 132 Å². The van der Waals surface area contributed by atoms with E-state index < -0.39 is 0 Å². The fourth-order valence-electron chi connectivity index (χ4n) is 1.42. The zero-order valence-electron chi connectivity index (χ0n) is 12.4. The topological polar surface area (TPSA) is 61.3 Å². The van der Waals surface area contributed by atoms with E-state index in [9.17, 15) is 4.79 Å². The van der Waals surface area contributed by atoms with Crippen molar-refractivity contribution in [2.45, 2.75) is 13.8 Å². The lowest BCUT2D eigenvalue weighted by atomic mass is 10.2. The van der Waals surface area contributed by atoms with Crippen LogP contribution in [0.3, 0.4) is 0 Å². The van der Waals surface area contributed by atoms with Gasteiger partial charge in [-0.1, -0.05) is 0 Å². The van der Waals surface area contributed by atoms with Gasteiger partial charge in [-0.3, -0.25) is 4.79 Å². The zero-order chi connectivity index (χ0) is 15.8. The van der Waals surface area contributed by atoms with Crippen LogP contribution in [0.15, 0.2) is 28.7 Å². The van der Waals surface area contributed by atoms with Crippen LogP contribution in [0.4, 0.5) is 0 Å². The molecule has 2 rings (SSSR count). The Morgan fingerprint density at radius 2 is 1.48 bits per heavy atom. The number of methoxy groups -OCH3 is 2. The van der Waals surface area contributed by atoms with Gasteiger partial charge in [0, 0.05) is 22.2 Å². The van der Waals surface area contributed by atoms with Crippen molar-refractivity contribution in [1.82, 2.24) is 9.97 Å². The van der Waals surface area contributed by atoms with E-state index >= 15 is 0 Å². The van der Waals surface area contributed by atoms with Crippen molar-refractivity contribution in [2.24, 2.45) is 0 Å². The Morgan fingerprint density at radius 1 is 0.952 bits per heavy atom. The lowest BCUT2D eigenvalue weighted by Crippen LogP contribution is -1.93. The molecule has 0 aliphatic carbocycles. The molecule has 0 spiro atoms. The second-order valence-corrected chi connectivity index (χ2v) is 4.92. The number of nitrogens with zero attached hydrogens (tertiary/aromatic N) is 2. The monoisotopic (exact) mass is 352 g/mol. The molecule has 0 radical (unpaired) electrons. The molecule has 0 aliphatic heterocycles. The van der Waals surface area contributed by atoms with Crippen LogP contribution < -0.4 is 9.47 Å². The lowest BCUT2D eigenvalue weighted by Gasteiger charge is -2.00. The molecule has 5 nitrogen and oxygen atoms in total. The minimum absolute atomic E-state index is 0.535. The molecule has 0 atom stereocenters. The summed E-state index contributed by atoms with van der Waals surface area (Å²) in [5.41, 5.74) is 2.24. The molecule has 0 aromatic carbocycles. The first-order valence-corrected chi connectivity index (χ1v) is 6.95. The third-order valence-electron chi connectivity index (χ3n) is 2.64. The predicted molar refractivity (Wildman–Crippen MR) is 84.1 cm³/mol. The molecule has 0 N–H and O–H groups in total. The van der Waals surface area contributed by atoms with Gasteiger partial charge < -0.3 is 9.47 Å². The molecule has 0 saturated heterocycles. The van der Waals surface area contributed by atoms with Crippen LogP contribution in [0.1, 0.15) is 21.7 Å². The fourth-order valence-corrected chi connectivity index (χ4v) is 1.64. The average molecular weight is 353 g/mol. The number of rotatable bonds is 3. The van der Waals surface area contributed by atoms with E-state index in [0.29, 0.717) is 23.0 Å². The van der Waals surface area contributed by atoms with Crippen molar-refractivity contribution in [1.29, 1.82) is 0 Å². The van der Waals surface area contributed by atoms with Gasteiger partial charge in [0.15, 0.2) is 6.29 Å². The molecule has 0 fully saturated rings. The number of halogens is 1. The van der Waals surface area contributed by atoms with Crippen LogP contribution >= 0.6 is 15.9 Å². The van der Waals surface area contributed by atoms with E-state index in [1.165, 1.54) is 0 Å². The average Bonchev–Trinajstić information content (AvgIpc) is 2.50. The Morgan fingerprint density at radius 3 is 1.90 bits per heavy atom. The Hall–Kier alpha value is -1.95. The number of carbonyl (C=O) groups excluding carboxylic acids is 1. The van der Waals surface area contributed by atoms with E-state index in [0.717, 1.165) is 16.5 Å². The summed E-state index contributed by atoms with van der Waals surface area (Å²) in [5.74, 6) is 1.19. The largest absolute Gasteiger partial charge is 0.481 e. The molecule has 0 amide bonds. The first-order valence-electron chi connectivity index (χ1n) is 6.15. The molecule has 0 unspecified atom stereocenters. The van der Waals surface area contributed by atoms with Crippen LogP contribution in [0, 0.1) is 13.8 Å². The van der Waals surface area contributed by atoms with Crippen molar-refractivity contribution >= 4 is 22.2 Å². The molecule has 2 heterocycles. The van der Waals surface area contributed by atoms with Gasteiger partial charge in [-0.25, -0.2) is 9.97 Å². The third kappa shape index (κ3) is 5.15. The summed E-state index contributed by atoms with van der Waals surface area (Å²) in [6, 6.07) is 7.09. The number of aldehydes is 1. The number of hydrogen-bond acceptors (Lipinski definition) is 5. The second kappa shape index (κ2) is 8.36. The molecular formula is C15H17BrN2O3. The summed E-state index contributed by atoms with van der Waals surface area (Å²) in [4.78, 5) is 18.5. The molecule has 6 heteroatoms. The highest BCUT2D eigenvalue weighted by Crippen LogP contribution is 2.16. The number of ether oxygens (including phenoxy) is 2. The Kier molecular flexibility index (Phi) is 6.81. The van der Waals surface area contributed by atoms with Gasteiger partial charge >= 0.3 is 0 Å². The van der Waals surface area contributed by atoms with Crippen molar-refractivity contribution < 1.29 is 14.3 Å². The molecule has 21 heavy (non-hydrogen) atoms. The Bertz CT molecular complexity index is 618. The molecule has 0 saturated carbocycles. The van der Waals surface area contributed by atoms with Gasteiger partial charge in [0.1, 0.15) is 0 Å². The lowest BCUT2D eigenvalue weighted by molar-refractivity contribution is 0.112. The van der Waals surface area contributed by atoms with Gasteiger partial charge in [-0.15, -0.1) is 0 Å². The fraction of sp³-hybridized carbons (Fsp3) is 0.267. The maximum atomic E-state index is 10.3. The smallest absolute Gasteiger partial charge is 0.213 e. The zero-order valence-corrected chi connectivity index (χ0v) is 14.0. The summed E-state index contributed by atoms with van der Waals surface area (Å²) in [5, 5.41) is 0. The minimum Gasteiger partial charge on any atom is -0.481 e. The van der Waals surface area contributed by atoms with Crippen molar-refractivity contribution in [3.05, 3.63) is 45.7 Å². The maximum Gasteiger partial charge on any atom is 0.213 e. The van der Waals surface area contributed by atoms with Gasteiger partial charge in [-0.05, 0) is 41.9 Å². The maximum absolute atomic E-state index is 10.3. The highest BCUT2D eigenvalue weighted by atomic mass is 79.9. The number of hydrogen-bond donors (Lipinski definition) is 0. The Balaban J connectivity index is 0.000000211. The molecule has 2 aromatic rings. The quantitative estimate of drug-likeness (QED) is 0.792. The van der Waals surface area contributed by atoms with E-state index in [4.69, 9.17) is 9.47 Å². The molecule has 0 aliphatic rings. The highest BCUT2D eigenvalue weighted by Gasteiger charge is 1.99. The van der Waals surface area contributed by atoms with Gasteiger partial charge in [0.25, 0.3) is 0 Å². The number of pyridine rings is 2. The van der Waals surface area contributed by atoms with Crippen LogP contribution in [0.2, 0.25) is 0 Å². The first-order chi connectivity index (χ1) is 10.0. The number of carbonyl (C=O) groups is 1. The van der Waals surface area contributed by atoms with Crippen LogP contribution in [0.25, 0.3) is 0 Å². The number of aryl methyl sites for hydroxylation is 2. The summed E-state index contributed by atoms with van der Waals surface area (Å²) in [7, 11) is 3.15. The van der Waals surface area contributed by atoms with E-state index in [1.54, 1.807) is 33.3 Å². The summed E-state index contributed by atoms with van der Waals surface area (Å²) in [6.07, 6.45) is 0.780. The first kappa shape index (κ1) is 17.1. The third-order valence-corrected chi connectivity index (χ3v) is 3.48. The highest BCUT2D eigenvalue weighted by molar-refractivity contribution is 9.10. The standard InChI is InChI=1S/C8H9NO2.C7H8BrNO/c1-6-7(5-10)3-4-8(9-6)11-2;1-5-6(8)3-4-7(9-5)10-2/h3-5H,1-2H3;3-4H,1-2H3. The molecule has 0 bridgehead atoms. The van der Waals surface area contributed by atoms with E-state index in [-0.39, 0.29) is 0 Å². The van der Waals surface area contributed by atoms with Crippen molar-refractivity contribution in [3.8, 4) is 11.8 Å². The van der Waals surface area contributed by atoms with Crippen LogP contribution in [-0.2, 0) is 0 Å². The molecule has 2 aromatic heterocycles. The van der Waals surface area contributed by atoms with Crippen LogP contribution in [-0.4, -0.2) is 30.5 Å². The van der Waals surface area contributed by atoms with Crippen molar-refractivity contribution in [2.75, 3.05) is 14.2 Å². The molecular weight excluding hydrogens is 336 g/mol. The second-order valence-electron chi connectivity index (χ2n) is 4.07. The normalized spacial score (nSPS) is 9.38. The summed E-state index contributed by atoms with van der Waals surface area (Å²) >= 11 is 3.34. The summed E-state index contributed by atoms with van der Waals surface area (Å²) < 4.78 is 10.8. The number of aromatic nitrogens is 2. The minimum atomic E-state index is 0.535. The molecule has 112 valence electrons. The van der Waals surface area contributed by atoms with Gasteiger partial charge in [-0.2, -0.15) is 0 Å². The predicted octanol–water partition coefficient (Wildman–Crippen LogP) is 3.37. The van der Waals surface area contributed by atoms with Gasteiger partial charge in [0.2, 0.25) is 11.8 Å². The van der Waals surface area contributed by atoms with E-state index in [2.05, 4.69) is 25.9 Å². The van der Waals surface area contributed by atoms with Gasteiger partial charge in [0.05, 0.1) is 25.6 Å². The SMILES string of the molecule is COc1ccc(Br)c(C)n1.COc1ccc(C=O)c(C)n1. The van der Waals surface area contributed by atoms with Crippen LogP contribution in [0.5, 0.6) is 11.8 Å². The van der Waals surface area contributed by atoms with Crippen molar-refractivity contribution in [3.63, 3.8) is 0 Å². The van der Waals surface area contributed by atoms with E-state index in [1.807, 2.05) is 19.1 Å². The summed E-state index contributed by atoms with van der Waals surface area (Å²) in [6.45, 7) is 3.69.